The van der Waals surface area contributed by atoms with Crippen molar-refractivity contribution in [2.75, 3.05) is 28.4 Å². The quantitative estimate of drug-likeness (QED) is 0.264. The minimum Gasteiger partial charge on any atom is -0.497 e. The molecule has 8 nitrogen and oxygen atoms in total. The molecule has 1 heterocycles. The van der Waals surface area contributed by atoms with Gasteiger partial charge >= 0.3 is 6.03 Å². The van der Waals surface area contributed by atoms with Crippen LogP contribution < -0.4 is 26.0 Å². The molecule has 0 fully saturated rings. The van der Waals surface area contributed by atoms with Crippen LogP contribution in [-0.4, -0.2) is 23.1 Å². The highest BCUT2D eigenvalue weighted by molar-refractivity contribution is 5.99. The van der Waals surface area contributed by atoms with Crippen LogP contribution in [0.2, 0.25) is 0 Å². The van der Waals surface area contributed by atoms with E-state index in [-0.39, 0.29) is 6.03 Å². The fraction of sp³-hybridized carbons (Fsp3) is 0.115. The highest BCUT2D eigenvalue weighted by Gasteiger charge is 2.06. The summed E-state index contributed by atoms with van der Waals surface area (Å²) in [6, 6.07) is 24.1. The zero-order valence-electron chi connectivity index (χ0n) is 19.2. The number of ether oxygens (including phenoxy) is 1. The molecule has 0 spiro atoms. The Morgan fingerprint density at radius 2 is 1.24 bits per heavy atom. The topological polar surface area (TPSA) is 100 Å². The molecule has 1 aromatic heterocycles. The number of nitrogens with one attached hydrogen (secondary N) is 4. The number of nitrogens with zero attached hydrogens (tertiary/aromatic N) is 2. The maximum Gasteiger partial charge on any atom is 0.323 e. The fourth-order valence-electron chi connectivity index (χ4n) is 3.21. The monoisotopic (exact) mass is 454 g/mol. The van der Waals surface area contributed by atoms with Crippen molar-refractivity contribution in [3.63, 3.8) is 0 Å². The number of methoxy groups -OCH3 is 1. The van der Waals surface area contributed by atoms with E-state index < -0.39 is 0 Å². The first-order valence-electron chi connectivity index (χ1n) is 10.8. The minimum atomic E-state index is -0.305. The van der Waals surface area contributed by atoms with Gasteiger partial charge in [-0.25, -0.2) is 9.78 Å². The van der Waals surface area contributed by atoms with E-state index in [4.69, 9.17) is 4.74 Å². The average molecular weight is 455 g/mol. The predicted molar refractivity (Wildman–Crippen MR) is 137 cm³/mol. The number of anilines is 6. The molecular weight excluding hydrogens is 428 g/mol. The third-order valence-corrected chi connectivity index (χ3v) is 4.92. The van der Waals surface area contributed by atoms with Gasteiger partial charge < -0.3 is 26.0 Å². The Labute approximate surface area is 198 Å². The zero-order valence-corrected chi connectivity index (χ0v) is 19.2. The second-order valence-electron chi connectivity index (χ2n) is 7.72. The molecular formula is C26H26N6O2. The number of carbonyl (C=O) groups excluding carboxylic acids is 1. The van der Waals surface area contributed by atoms with E-state index in [0.29, 0.717) is 17.5 Å². The minimum absolute atomic E-state index is 0.305. The van der Waals surface area contributed by atoms with Crippen LogP contribution in [0.4, 0.5) is 39.3 Å². The number of rotatable bonds is 7. The van der Waals surface area contributed by atoms with E-state index >= 15 is 0 Å². The van der Waals surface area contributed by atoms with E-state index in [1.54, 1.807) is 7.11 Å². The number of urea groups is 1. The molecule has 0 bridgehead atoms. The van der Waals surface area contributed by atoms with Crippen molar-refractivity contribution < 1.29 is 9.53 Å². The Morgan fingerprint density at radius 3 is 1.85 bits per heavy atom. The number of aromatic nitrogens is 2. The van der Waals surface area contributed by atoms with Crippen molar-refractivity contribution in [1.82, 2.24) is 9.97 Å². The number of amides is 2. The smallest absolute Gasteiger partial charge is 0.323 e. The van der Waals surface area contributed by atoms with Gasteiger partial charge in [-0.15, -0.1) is 0 Å². The molecule has 34 heavy (non-hydrogen) atoms. The molecule has 0 radical (unpaired) electrons. The Bertz CT molecular complexity index is 1260. The van der Waals surface area contributed by atoms with Gasteiger partial charge in [0.15, 0.2) is 0 Å². The summed E-state index contributed by atoms with van der Waals surface area (Å²) >= 11 is 0. The molecule has 4 rings (SSSR count). The van der Waals surface area contributed by atoms with Crippen molar-refractivity contribution in [2.45, 2.75) is 13.8 Å². The summed E-state index contributed by atoms with van der Waals surface area (Å²) in [6.07, 6.45) is 0. The lowest BCUT2D eigenvalue weighted by Crippen LogP contribution is -2.19. The van der Waals surface area contributed by atoms with Crippen LogP contribution in [0.15, 0.2) is 78.9 Å². The first kappa shape index (κ1) is 22.6. The third-order valence-electron chi connectivity index (χ3n) is 4.92. The van der Waals surface area contributed by atoms with Crippen LogP contribution in [0.3, 0.4) is 0 Å². The van der Waals surface area contributed by atoms with Gasteiger partial charge in [0.05, 0.1) is 7.11 Å². The maximum absolute atomic E-state index is 12.2. The van der Waals surface area contributed by atoms with Crippen molar-refractivity contribution in [3.05, 3.63) is 90.1 Å². The van der Waals surface area contributed by atoms with Crippen molar-refractivity contribution in [2.24, 2.45) is 0 Å². The van der Waals surface area contributed by atoms with Crippen molar-refractivity contribution in [1.29, 1.82) is 0 Å². The summed E-state index contributed by atoms with van der Waals surface area (Å²) in [5, 5.41) is 12.1. The Balaban J connectivity index is 1.37. The molecule has 0 unspecified atom stereocenters. The van der Waals surface area contributed by atoms with Gasteiger partial charge in [0.2, 0.25) is 5.95 Å². The molecule has 3 aromatic carbocycles. The molecule has 0 aliphatic rings. The molecule has 0 atom stereocenters. The summed E-state index contributed by atoms with van der Waals surface area (Å²) in [5.74, 6) is 1.93. The van der Waals surface area contributed by atoms with Gasteiger partial charge in [-0.05, 0) is 74.5 Å². The molecule has 172 valence electrons. The van der Waals surface area contributed by atoms with Crippen LogP contribution >= 0.6 is 0 Å². The van der Waals surface area contributed by atoms with Crippen molar-refractivity contribution in [3.8, 4) is 5.75 Å². The van der Waals surface area contributed by atoms with Gasteiger partial charge in [-0.3, -0.25) is 0 Å². The number of carbonyl (C=O) groups is 1. The lowest BCUT2D eigenvalue weighted by atomic mass is 10.2. The standard InChI is InChI=1S/C26H26N6O2/c1-17-4-6-21(7-5-17)30-26(33)31-22-10-8-20(9-11-22)29-25-27-18(2)16-24(32-25)28-19-12-14-23(34-3)15-13-19/h4-16H,1-3H3,(H2,30,31,33)(H2,27,28,29,32). The normalized spacial score (nSPS) is 10.3. The summed E-state index contributed by atoms with van der Waals surface area (Å²) in [7, 11) is 1.64. The van der Waals surface area contributed by atoms with E-state index in [2.05, 4.69) is 31.2 Å². The van der Waals surface area contributed by atoms with Gasteiger partial charge in [-0.1, -0.05) is 17.7 Å². The van der Waals surface area contributed by atoms with Crippen LogP contribution in [-0.2, 0) is 0 Å². The first-order chi connectivity index (χ1) is 16.5. The van der Waals surface area contributed by atoms with Gasteiger partial charge in [0.25, 0.3) is 0 Å². The van der Waals surface area contributed by atoms with E-state index in [1.807, 2.05) is 92.7 Å². The lowest BCUT2D eigenvalue weighted by Gasteiger charge is -2.11. The van der Waals surface area contributed by atoms with E-state index in [9.17, 15) is 4.79 Å². The number of hydrogen-bond acceptors (Lipinski definition) is 6. The Hall–Kier alpha value is -4.59. The number of benzene rings is 3. The number of hydrogen-bond donors (Lipinski definition) is 4. The number of aryl methyl sites for hydroxylation is 2. The Kier molecular flexibility index (Phi) is 6.88. The maximum atomic E-state index is 12.2. The SMILES string of the molecule is COc1ccc(Nc2cc(C)nc(Nc3ccc(NC(=O)Nc4ccc(C)cc4)cc3)n2)cc1. The van der Waals surface area contributed by atoms with Crippen LogP contribution in [0.5, 0.6) is 5.75 Å². The second kappa shape index (κ2) is 10.4. The highest BCUT2D eigenvalue weighted by atomic mass is 16.5. The third kappa shape index (κ3) is 6.23. The predicted octanol–water partition coefficient (Wildman–Crippen LogP) is 6.23. The molecule has 0 aliphatic carbocycles. The molecule has 0 aliphatic heterocycles. The molecule has 8 heteroatoms. The first-order valence-corrected chi connectivity index (χ1v) is 10.8. The van der Waals surface area contributed by atoms with E-state index in [1.165, 1.54) is 0 Å². The summed E-state index contributed by atoms with van der Waals surface area (Å²) in [4.78, 5) is 21.2. The fourth-order valence-corrected chi connectivity index (χ4v) is 3.21. The van der Waals surface area contributed by atoms with Crippen LogP contribution in [0, 0.1) is 13.8 Å². The summed E-state index contributed by atoms with van der Waals surface area (Å²) in [6.45, 7) is 3.91. The van der Waals surface area contributed by atoms with Crippen LogP contribution in [0.1, 0.15) is 11.3 Å². The Morgan fingerprint density at radius 1 is 0.706 bits per heavy atom. The van der Waals surface area contributed by atoms with E-state index in [0.717, 1.165) is 34.1 Å². The molecule has 4 N–H and O–H groups in total. The summed E-state index contributed by atoms with van der Waals surface area (Å²) < 4.78 is 5.19. The molecule has 4 aromatic rings. The zero-order chi connectivity index (χ0) is 23.9. The largest absolute Gasteiger partial charge is 0.497 e. The highest BCUT2D eigenvalue weighted by Crippen LogP contribution is 2.22. The molecule has 2 amide bonds. The van der Waals surface area contributed by atoms with Gasteiger partial charge in [0, 0.05) is 34.5 Å². The lowest BCUT2D eigenvalue weighted by molar-refractivity contribution is 0.262. The van der Waals surface area contributed by atoms with Crippen LogP contribution in [0.25, 0.3) is 0 Å². The second-order valence-corrected chi connectivity index (χ2v) is 7.72. The summed E-state index contributed by atoms with van der Waals surface area (Å²) in [5.41, 5.74) is 5.05. The average Bonchev–Trinajstić information content (AvgIpc) is 2.82. The molecule has 0 saturated heterocycles. The van der Waals surface area contributed by atoms with Gasteiger partial charge in [0.1, 0.15) is 11.6 Å². The van der Waals surface area contributed by atoms with Crippen molar-refractivity contribution >= 4 is 40.5 Å². The molecule has 0 saturated carbocycles. The van der Waals surface area contributed by atoms with Gasteiger partial charge in [-0.2, -0.15) is 4.98 Å².